The molecule has 29 heteroatoms. The van der Waals surface area contributed by atoms with Crippen LogP contribution in [0.4, 0.5) is 0 Å². The largest absolute Gasteiger partial charge is 0.481 e. The van der Waals surface area contributed by atoms with Crippen LogP contribution in [-0.2, 0) is 33.6 Å². The van der Waals surface area contributed by atoms with E-state index in [1.807, 2.05) is 0 Å². The smallest absolute Gasteiger partial charge is 0.303 e. The molecule has 0 aromatic carbocycles. The maximum Gasteiger partial charge on any atom is 0.303 e. The van der Waals surface area contributed by atoms with E-state index >= 15 is 0 Å². The second-order valence-corrected chi connectivity index (χ2v) is 32.9. The Hall–Kier alpha value is -4.31. The van der Waals surface area contributed by atoms with E-state index in [9.17, 15) is 33.6 Å². The van der Waals surface area contributed by atoms with Gasteiger partial charge in [-0.25, -0.2) is 0 Å². The average molecular weight is 1860 g/mol. The highest BCUT2D eigenvalue weighted by Crippen LogP contribution is 2.17. The highest BCUT2D eigenvalue weighted by atomic mass is 16.4. The van der Waals surface area contributed by atoms with Gasteiger partial charge in [-0.2, -0.15) is 0 Å². The minimum atomic E-state index is -0.954. The Labute approximate surface area is 778 Å². The average Bonchev–Trinajstić information content (AvgIpc) is 1.13. The first-order valence-corrected chi connectivity index (χ1v) is 50.5. The molecule has 0 unspecified atom stereocenters. The molecule has 0 atom stereocenters. The van der Waals surface area contributed by atoms with Gasteiger partial charge in [0.1, 0.15) is 30.5 Å². The number of aliphatic carboxylic acids is 7. The molecule has 128 heavy (non-hydrogen) atoms. The van der Waals surface area contributed by atoms with Crippen molar-refractivity contribution in [3.05, 3.63) is 0 Å². The van der Waals surface area contributed by atoms with Crippen LogP contribution in [0.5, 0.6) is 0 Å². The summed E-state index contributed by atoms with van der Waals surface area (Å²) < 4.78 is 0. The van der Waals surface area contributed by atoms with Crippen LogP contribution in [-0.4, -0.2) is 251 Å². The zero-order valence-corrected chi connectivity index (χ0v) is 82.7. The molecule has 0 aliphatic carbocycles. The number of unbranched alkanes of at least 4 members (excludes halogenated alkanes) is 56. The van der Waals surface area contributed by atoms with Crippen LogP contribution in [0.3, 0.4) is 0 Å². The number of carbonyl (C=O) groups is 7. The number of hydrogen-bond acceptors (Lipinski definition) is 22. The third kappa shape index (κ3) is 206. The molecular formula is C99H208O29. The van der Waals surface area contributed by atoms with Crippen LogP contribution in [0.2, 0.25) is 0 Å². The molecule has 0 radical (unpaired) electrons. The molecule has 0 fully saturated rings. The van der Waals surface area contributed by atoms with Crippen molar-refractivity contribution in [1.29, 1.82) is 0 Å². The molecule has 0 spiro atoms. The van der Waals surface area contributed by atoms with Crippen LogP contribution in [0.15, 0.2) is 0 Å². The summed E-state index contributed by atoms with van der Waals surface area (Å²) in [4.78, 5) is 71.4. The molecule has 22 N–H and O–H groups in total. The van der Waals surface area contributed by atoms with Gasteiger partial charge in [0, 0.05) is 44.9 Å². The molecule has 0 aromatic rings. The summed E-state index contributed by atoms with van der Waals surface area (Å²) in [5.41, 5.74) is 0. The third-order valence-electron chi connectivity index (χ3n) is 19.6. The standard InChI is InChI=1S/7C12H24O2.5C3H8O3/c7*1-2-3-4-5-6-7-8-9-10-11-12(13)14;5*4-1-3(6)2-5/h7*2-11H2,1H3,(H,13,14);5*3-6H,1-2H2. The minimum absolute atomic E-state index is 0.343. The predicted molar refractivity (Wildman–Crippen MR) is 517 cm³/mol. The third-order valence-corrected chi connectivity index (χ3v) is 19.6. The Morgan fingerprint density at radius 1 is 0.133 bits per heavy atom. The van der Waals surface area contributed by atoms with E-state index in [1.54, 1.807) is 0 Å². The first-order chi connectivity index (χ1) is 61.4. The Balaban J connectivity index is -0.000000116. The second-order valence-electron chi connectivity index (χ2n) is 32.9. The lowest BCUT2D eigenvalue weighted by atomic mass is 10.1. The number of aliphatic hydroxyl groups is 15. The molecule has 0 aromatic heterocycles. The lowest BCUT2D eigenvalue weighted by molar-refractivity contribution is -0.138. The summed E-state index contributed by atoms with van der Waals surface area (Å²) in [5.74, 6) is -4.62. The lowest BCUT2D eigenvalue weighted by Gasteiger charge is -2.00. The quantitative estimate of drug-likeness (QED) is 0.0251. The topological polar surface area (TPSA) is 565 Å². The van der Waals surface area contributed by atoms with E-state index in [4.69, 9.17) is 112 Å². The van der Waals surface area contributed by atoms with Gasteiger partial charge in [0.05, 0.1) is 66.1 Å². The molecule has 0 bridgehead atoms. The van der Waals surface area contributed by atoms with Gasteiger partial charge in [0.15, 0.2) is 0 Å². The van der Waals surface area contributed by atoms with E-state index in [2.05, 4.69) is 48.5 Å². The van der Waals surface area contributed by atoms with Crippen molar-refractivity contribution in [3.63, 3.8) is 0 Å². The summed E-state index contributed by atoms with van der Waals surface area (Å²) in [5, 5.41) is 179. The predicted octanol–water partition coefficient (Wildman–Crippen LogP) is 19.6. The summed E-state index contributed by atoms with van der Waals surface area (Å²) in [6.07, 6.45) is 75.6. The number of aliphatic hydroxyl groups excluding tert-OH is 15. The van der Waals surface area contributed by atoms with Gasteiger partial charge in [0.2, 0.25) is 0 Å². The van der Waals surface area contributed by atoms with Crippen LogP contribution in [0.25, 0.3) is 0 Å². The SMILES string of the molecule is CCCCCCCCCCCC(=O)O.CCCCCCCCCCCC(=O)O.CCCCCCCCCCCC(=O)O.CCCCCCCCCCCC(=O)O.CCCCCCCCCCCC(=O)O.CCCCCCCCCCCC(=O)O.CCCCCCCCCCCC(=O)O.OCC(O)CO.OCC(O)CO.OCC(O)CO.OCC(O)CO.OCC(O)CO. The highest BCUT2D eigenvalue weighted by Gasteiger charge is 2.05. The van der Waals surface area contributed by atoms with Crippen LogP contribution >= 0.6 is 0 Å². The van der Waals surface area contributed by atoms with Crippen molar-refractivity contribution < 1.29 is 146 Å². The second kappa shape index (κ2) is 146. The summed E-state index contributed by atoms with van der Waals surface area (Å²) >= 11 is 0. The number of rotatable bonds is 80. The van der Waals surface area contributed by atoms with E-state index in [-0.39, 0.29) is 66.1 Å². The molecule has 0 heterocycles. The molecule has 0 rings (SSSR count). The molecule has 0 aliphatic rings. The van der Waals surface area contributed by atoms with Crippen LogP contribution in [0.1, 0.15) is 498 Å². The molecule has 0 amide bonds. The fourth-order valence-electron chi connectivity index (χ4n) is 11.4. The number of carboxylic acid groups (broad SMARTS) is 7. The zero-order chi connectivity index (χ0) is 99.5. The first-order valence-electron chi connectivity index (χ1n) is 50.5. The van der Waals surface area contributed by atoms with Crippen molar-refractivity contribution in [2.75, 3.05) is 66.1 Å². The highest BCUT2D eigenvalue weighted by molar-refractivity contribution is 5.68. The van der Waals surface area contributed by atoms with E-state index in [0.717, 1.165) is 89.9 Å². The van der Waals surface area contributed by atoms with Crippen LogP contribution < -0.4 is 0 Å². The molecular weight excluding hydrogens is 1650 g/mol. The van der Waals surface area contributed by atoms with Gasteiger partial charge in [-0.15, -0.1) is 0 Å². The molecule has 0 saturated carbocycles. The number of carboxylic acids is 7. The van der Waals surface area contributed by atoms with Crippen molar-refractivity contribution >= 4 is 41.8 Å². The minimum Gasteiger partial charge on any atom is -0.481 e. The van der Waals surface area contributed by atoms with Gasteiger partial charge in [-0.05, 0) is 44.9 Å². The van der Waals surface area contributed by atoms with Gasteiger partial charge in [0.25, 0.3) is 0 Å². The fourth-order valence-corrected chi connectivity index (χ4v) is 11.4. The maximum atomic E-state index is 10.2. The zero-order valence-electron chi connectivity index (χ0n) is 82.7. The van der Waals surface area contributed by atoms with Gasteiger partial charge in [-0.1, -0.05) is 408 Å². The Morgan fingerprint density at radius 3 is 0.242 bits per heavy atom. The van der Waals surface area contributed by atoms with Gasteiger partial charge in [-0.3, -0.25) is 33.6 Å². The Morgan fingerprint density at radius 2 is 0.195 bits per heavy atom. The normalized spacial score (nSPS) is 10.3. The van der Waals surface area contributed by atoms with Gasteiger partial charge < -0.3 is 112 Å². The van der Waals surface area contributed by atoms with E-state index in [0.29, 0.717) is 44.9 Å². The Bertz CT molecular complexity index is 1620. The fraction of sp³-hybridized carbons (Fsp3) is 0.929. The summed E-state index contributed by atoms with van der Waals surface area (Å²) in [6, 6.07) is 0. The van der Waals surface area contributed by atoms with Crippen molar-refractivity contribution in [2.24, 2.45) is 0 Å². The lowest BCUT2D eigenvalue weighted by Crippen LogP contribution is -2.15. The van der Waals surface area contributed by atoms with Gasteiger partial charge >= 0.3 is 41.8 Å². The first kappa shape index (κ1) is 149. The van der Waals surface area contributed by atoms with E-state index < -0.39 is 72.3 Å². The maximum absolute atomic E-state index is 10.2. The summed E-state index contributed by atoms with van der Waals surface area (Å²) in [6.45, 7) is 12.0. The molecule has 29 nitrogen and oxygen atoms in total. The number of hydrogen-bond donors (Lipinski definition) is 22. The van der Waals surface area contributed by atoms with Crippen LogP contribution in [0, 0.1) is 0 Å². The molecule has 778 valence electrons. The Kier molecular flexibility index (Phi) is 170. The van der Waals surface area contributed by atoms with E-state index in [1.165, 1.54) is 315 Å². The molecule has 0 aliphatic heterocycles. The monoisotopic (exact) mass is 1860 g/mol. The molecule has 0 saturated heterocycles. The van der Waals surface area contributed by atoms with Crippen molar-refractivity contribution in [2.45, 2.75) is 528 Å². The van der Waals surface area contributed by atoms with Crippen molar-refractivity contribution in [3.8, 4) is 0 Å². The van der Waals surface area contributed by atoms with Crippen molar-refractivity contribution in [1.82, 2.24) is 0 Å². The summed E-state index contributed by atoms with van der Waals surface area (Å²) in [7, 11) is 0.